The van der Waals surface area contributed by atoms with Crippen LogP contribution in [0.4, 0.5) is 4.39 Å². The van der Waals surface area contributed by atoms with E-state index in [1.165, 1.54) is 22.5 Å². The predicted octanol–water partition coefficient (Wildman–Crippen LogP) is 3.71. The summed E-state index contributed by atoms with van der Waals surface area (Å²) in [5.74, 6) is -0.618. The molecule has 8 heteroatoms. The molecular weight excluding hydrogens is 425 g/mol. The van der Waals surface area contributed by atoms with Crippen LogP contribution in [0.5, 0.6) is 0 Å². The van der Waals surface area contributed by atoms with Gasteiger partial charge in [0, 0.05) is 30.6 Å². The highest BCUT2D eigenvalue weighted by atomic mass is 79.9. The summed E-state index contributed by atoms with van der Waals surface area (Å²) in [4.78, 5) is 12.3. The molecule has 1 atom stereocenters. The maximum Gasteiger partial charge on any atom is 0.244 e. The first-order valence-corrected chi connectivity index (χ1v) is 9.80. The molecule has 0 fully saturated rings. The van der Waals surface area contributed by atoms with Gasteiger partial charge in [-0.1, -0.05) is 6.07 Å². The van der Waals surface area contributed by atoms with Crippen LogP contribution >= 0.6 is 15.9 Å². The number of benzene rings is 1. The van der Waals surface area contributed by atoms with Gasteiger partial charge in [0.05, 0.1) is 22.9 Å². The number of fused-ring (bicyclic) bond motifs is 1. The topological polar surface area (TPSA) is 64.7 Å². The average Bonchev–Trinajstić information content (AvgIpc) is 3.27. The van der Waals surface area contributed by atoms with E-state index in [1.54, 1.807) is 30.6 Å². The second-order valence-corrected chi connectivity index (χ2v) is 7.69. The molecule has 2 heterocycles. The minimum absolute atomic E-state index is 0.0352. The number of halogens is 2. The fourth-order valence-electron chi connectivity index (χ4n) is 3.49. The van der Waals surface area contributed by atoms with E-state index in [0.717, 1.165) is 29.3 Å². The average molecular weight is 444 g/mol. The summed E-state index contributed by atoms with van der Waals surface area (Å²) >= 11 is 3.29. The number of rotatable bonds is 4. The monoisotopic (exact) mass is 443 g/mol. The minimum atomic E-state index is -0.412. The number of hydrogen-bond donors (Lipinski definition) is 1. The van der Waals surface area contributed by atoms with Crippen molar-refractivity contribution in [3.05, 3.63) is 70.0 Å². The molecule has 6 nitrogen and oxygen atoms in total. The van der Waals surface area contributed by atoms with E-state index >= 15 is 0 Å². The third-order valence-electron chi connectivity index (χ3n) is 4.89. The minimum Gasteiger partial charge on any atom is -0.346 e. The summed E-state index contributed by atoms with van der Waals surface area (Å²) < 4.78 is 18.5. The molecular formula is C20H19BrFN5O. The molecule has 1 aliphatic rings. The third-order valence-corrected chi connectivity index (χ3v) is 5.30. The second-order valence-electron chi connectivity index (χ2n) is 6.77. The van der Waals surface area contributed by atoms with Crippen molar-refractivity contribution in [2.24, 2.45) is 7.05 Å². The van der Waals surface area contributed by atoms with Crippen LogP contribution in [0.15, 0.2) is 47.3 Å². The van der Waals surface area contributed by atoms with E-state index in [1.807, 2.05) is 17.9 Å². The summed E-state index contributed by atoms with van der Waals surface area (Å²) in [7, 11) is 1.92. The lowest BCUT2D eigenvalue weighted by Crippen LogP contribution is -2.29. The maximum absolute atomic E-state index is 14.4. The van der Waals surface area contributed by atoms with E-state index in [-0.39, 0.29) is 11.9 Å². The molecule has 1 amide bonds. The Morgan fingerprint density at radius 1 is 1.36 bits per heavy atom. The Labute approximate surface area is 170 Å². The molecule has 1 N–H and O–H groups in total. The zero-order chi connectivity index (χ0) is 19.7. The number of amides is 1. The highest BCUT2D eigenvalue weighted by molar-refractivity contribution is 9.10. The zero-order valence-corrected chi connectivity index (χ0v) is 16.9. The van der Waals surface area contributed by atoms with Crippen LogP contribution < -0.4 is 5.32 Å². The smallest absolute Gasteiger partial charge is 0.244 e. The third kappa shape index (κ3) is 3.77. The quantitative estimate of drug-likeness (QED) is 0.624. The molecule has 0 saturated carbocycles. The summed E-state index contributed by atoms with van der Waals surface area (Å²) in [5, 5.41) is 11.4. The number of hydrogen-bond acceptors (Lipinski definition) is 3. The Balaban J connectivity index is 1.44. The van der Waals surface area contributed by atoms with Crippen LogP contribution in [0, 0.1) is 5.82 Å². The molecule has 2 aromatic heterocycles. The summed E-state index contributed by atoms with van der Waals surface area (Å²) in [5.41, 5.74) is 3.20. The van der Waals surface area contributed by atoms with Crippen molar-refractivity contribution in [1.82, 2.24) is 24.9 Å². The lowest BCUT2D eigenvalue weighted by Gasteiger charge is -2.23. The van der Waals surface area contributed by atoms with Gasteiger partial charge in [-0.3, -0.25) is 9.48 Å². The van der Waals surface area contributed by atoms with Crippen LogP contribution in [-0.2, 0) is 18.3 Å². The largest absolute Gasteiger partial charge is 0.346 e. The number of carbonyl (C=O) groups is 1. The van der Waals surface area contributed by atoms with E-state index in [0.29, 0.717) is 11.3 Å². The Morgan fingerprint density at radius 3 is 2.96 bits per heavy atom. The first-order chi connectivity index (χ1) is 13.5. The van der Waals surface area contributed by atoms with Crippen LogP contribution in [0.25, 0.3) is 11.8 Å². The van der Waals surface area contributed by atoms with Gasteiger partial charge in [-0.15, -0.1) is 0 Å². The number of aromatic nitrogens is 4. The fraction of sp³-hybridized carbons (Fsp3) is 0.250. The van der Waals surface area contributed by atoms with Crippen molar-refractivity contribution in [3.8, 4) is 5.69 Å². The van der Waals surface area contributed by atoms with Gasteiger partial charge in [-0.2, -0.15) is 10.2 Å². The lowest BCUT2D eigenvalue weighted by atomic mass is 9.93. The number of aryl methyl sites for hydroxylation is 1. The summed E-state index contributed by atoms with van der Waals surface area (Å²) in [6, 6.07) is 4.73. The molecule has 0 bridgehead atoms. The van der Waals surface area contributed by atoms with Gasteiger partial charge in [0.2, 0.25) is 5.91 Å². The molecule has 0 saturated heterocycles. The van der Waals surface area contributed by atoms with Crippen LogP contribution in [-0.4, -0.2) is 25.5 Å². The Morgan fingerprint density at radius 2 is 2.21 bits per heavy atom. The van der Waals surface area contributed by atoms with E-state index in [4.69, 9.17) is 0 Å². The highest BCUT2D eigenvalue weighted by Gasteiger charge is 2.24. The van der Waals surface area contributed by atoms with Crippen molar-refractivity contribution in [2.45, 2.75) is 25.3 Å². The first-order valence-electron chi connectivity index (χ1n) is 9.01. The van der Waals surface area contributed by atoms with Gasteiger partial charge < -0.3 is 5.32 Å². The molecule has 0 radical (unpaired) electrons. The van der Waals surface area contributed by atoms with E-state index in [9.17, 15) is 9.18 Å². The van der Waals surface area contributed by atoms with Crippen molar-refractivity contribution in [3.63, 3.8) is 0 Å². The number of nitrogens with zero attached hydrogens (tertiary/aromatic N) is 4. The van der Waals surface area contributed by atoms with E-state index < -0.39 is 5.82 Å². The SMILES string of the molecule is Cn1ncc2c1CCCC2NC(=O)/C=C/c1ccc(-n2cc(Br)cn2)c(F)c1. The molecule has 0 aliphatic heterocycles. The molecule has 0 spiro atoms. The maximum atomic E-state index is 14.4. The Hall–Kier alpha value is -2.74. The van der Waals surface area contributed by atoms with Gasteiger partial charge in [0.15, 0.2) is 0 Å². The molecule has 3 aromatic rings. The molecule has 144 valence electrons. The number of carbonyl (C=O) groups excluding carboxylic acids is 1. The standard InChI is InChI=1S/C20H19BrFN5O/c1-26-18-4-2-3-17(15(18)11-23-26)25-20(28)8-6-13-5-7-19(16(22)9-13)27-12-14(21)10-24-27/h5-12,17H,2-4H2,1H3,(H,25,28)/b8-6+. The highest BCUT2D eigenvalue weighted by Crippen LogP contribution is 2.29. The van der Waals surface area contributed by atoms with Crippen molar-refractivity contribution in [1.29, 1.82) is 0 Å². The molecule has 4 rings (SSSR count). The van der Waals surface area contributed by atoms with Gasteiger partial charge in [-0.25, -0.2) is 9.07 Å². The van der Waals surface area contributed by atoms with Gasteiger partial charge in [-0.05, 0) is 59.0 Å². The second kappa shape index (κ2) is 7.71. The van der Waals surface area contributed by atoms with E-state index in [2.05, 4.69) is 31.4 Å². The van der Waals surface area contributed by atoms with Gasteiger partial charge in [0.1, 0.15) is 11.5 Å². The summed E-state index contributed by atoms with van der Waals surface area (Å²) in [6.07, 6.45) is 11.0. The Kier molecular flexibility index (Phi) is 5.13. The molecule has 1 aliphatic carbocycles. The zero-order valence-electron chi connectivity index (χ0n) is 15.3. The predicted molar refractivity (Wildman–Crippen MR) is 107 cm³/mol. The van der Waals surface area contributed by atoms with Crippen LogP contribution in [0.2, 0.25) is 0 Å². The van der Waals surface area contributed by atoms with Gasteiger partial charge in [0.25, 0.3) is 0 Å². The molecule has 28 heavy (non-hydrogen) atoms. The first kappa shape index (κ1) is 18.6. The Bertz CT molecular complexity index is 1050. The van der Waals surface area contributed by atoms with Gasteiger partial charge >= 0.3 is 0 Å². The van der Waals surface area contributed by atoms with Crippen molar-refractivity contribution in [2.75, 3.05) is 0 Å². The normalized spacial score (nSPS) is 16.3. The lowest BCUT2D eigenvalue weighted by molar-refractivity contribution is -0.117. The summed E-state index contributed by atoms with van der Waals surface area (Å²) in [6.45, 7) is 0. The molecule has 1 aromatic carbocycles. The van der Waals surface area contributed by atoms with Crippen molar-refractivity contribution >= 4 is 27.9 Å². The van der Waals surface area contributed by atoms with Crippen LogP contribution in [0.3, 0.4) is 0 Å². The number of nitrogens with one attached hydrogen (secondary N) is 1. The fourth-order valence-corrected chi connectivity index (χ4v) is 3.78. The van der Waals surface area contributed by atoms with Crippen LogP contribution in [0.1, 0.15) is 35.7 Å². The molecule has 1 unspecified atom stereocenters. The van der Waals surface area contributed by atoms with Crippen molar-refractivity contribution < 1.29 is 9.18 Å².